The predicted molar refractivity (Wildman–Crippen MR) is 71.0 cm³/mol. The number of halogens is 2. The quantitative estimate of drug-likeness (QED) is 0.782. The minimum Gasteiger partial charge on any atom is -0.335 e. The van der Waals surface area contributed by atoms with Gasteiger partial charge < -0.3 is 4.90 Å². The van der Waals surface area contributed by atoms with Crippen molar-refractivity contribution < 1.29 is 4.79 Å². The third-order valence-corrected chi connectivity index (χ3v) is 3.99. The molecule has 0 saturated carbocycles. The van der Waals surface area contributed by atoms with E-state index in [9.17, 15) is 4.79 Å². The standard InChI is InChI=1S/C12H15BrClNO/c1-12(2,8-14)15(3)11(16)9-6-4-5-7-10(9)13/h4-7H,8H2,1-3H3. The Morgan fingerprint density at radius 3 is 2.50 bits per heavy atom. The normalized spacial score (nSPS) is 11.3. The molecule has 0 saturated heterocycles. The van der Waals surface area contributed by atoms with E-state index in [4.69, 9.17) is 11.6 Å². The van der Waals surface area contributed by atoms with Gasteiger partial charge in [-0.1, -0.05) is 12.1 Å². The van der Waals surface area contributed by atoms with Crippen LogP contribution in [0.3, 0.4) is 0 Å². The van der Waals surface area contributed by atoms with Crippen molar-refractivity contribution in [1.82, 2.24) is 4.90 Å². The molecule has 16 heavy (non-hydrogen) atoms. The molecule has 0 heterocycles. The Hall–Kier alpha value is -0.540. The summed E-state index contributed by atoms with van der Waals surface area (Å²) < 4.78 is 0.803. The van der Waals surface area contributed by atoms with Crippen LogP contribution in [0.4, 0.5) is 0 Å². The second kappa shape index (κ2) is 5.19. The van der Waals surface area contributed by atoms with Crippen LogP contribution in [0.2, 0.25) is 0 Å². The largest absolute Gasteiger partial charge is 0.335 e. The van der Waals surface area contributed by atoms with Crippen LogP contribution >= 0.6 is 27.5 Å². The maximum absolute atomic E-state index is 12.2. The van der Waals surface area contributed by atoms with E-state index in [0.29, 0.717) is 11.4 Å². The fourth-order valence-corrected chi connectivity index (χ4v) is 1.81. The van der Waals surface area contributed by atoms with E-state index in [2.05, 4.69) is 15.9 Å². The molecule has 1 amide bonds. The summed E-state index contributed by atoms with van der Waals surface area (Å²) in [5.74, 6) is 0.373. The van der Waals surface area contributed by atoms with Crippen LogP contribution in [0, 0.1) is 0 Å². The lowest BCUT2D eigenvalue weighted by Gasteiger charge is -2.34. The molecule has 2 nitrogen and oxygen atoms in total. The molecule has 0 radical (unpaired) electrons. The van der Waals surface area contributed by atoms with Crippen molar-refractivity contribution in [3.63, 3.8) is 0 Å². The first-order chi connectivity index (χ1) is 7.40. The van der Waals surface area contributed by atoms with Crippen LogP contribution in [0.1, 0.15) is 24.2 Å². The van der Waals surface area contributed by atoms with Crippen LogP contribution in [-0.2, 0) is 0 Å². The van der Waals surface area contributed by atoms with Crippen molar-refractivity contribution >= 4 is 33.4 Å². The number of hydrogen-bond acceptors (Lipinski definition) is 1. The first-order valence-corrected chi connectivity index (χ1v) is 6.31. The average Bonchev–Trinajstić information content (AvgIpc) is 2.27. The number of carbonyl (C=O) groups excluding carboxylic acids is 1. The lowest BCUT2D eigenvalue weighted by molar-refractivity contribution is 0.0659. The Bertz CT molecular complexity index is 392. The first-order valence-electron chi connectivity index (χ1n) is 4.99. The number of alkyl halides is 1. The molecule has 0 bridgehead atoms. The summed E-state index contributed by atoms with van der Waals surface area (Å²) in [4.78, 5) is 13.9. The summed E-state index contributed by atoms with van der Waals surface area (Å²) in [7, 11) is 1.77. The van der Waals surface area contributed by atoms with Gasteiger partial charge in [0.05, 0.1) is 11.1 Å². The van der Waals surface area contributed by atoms with Gasteiger partial charge in [-0.25, -0.2) is 0 Å². The summed E-state index contributed by atoms with van der Waals surface area (Å²) in [6.07, 6.45) is 0. The number of carbonyl (C=O) groups is 1. The second-order valence-corrected chi connectivity index (χ2v) is 5.41. The van der Waals surface area contributed by atoms with Crippen LogP contribution in [0.25, 0.3) is 0 Å². The van der Waals surface area contributed by atoms with Crippen molar-refractivity contribution in [2.45, 2.75) is 19.4 Å². The predicted octanol–water partition coefficient (Wildman–Crippen LogP) is 3.54. The first kappa shape index (κ1) is 13.5. The number of benzene rings is 1. The van der Waals surface area contributed by atoms with Gasteiger partial charge in [-0.3, -0.25) is 4.79 Å². The number of amides is 1. The monoisotopic (exact) mass is 303 g/mol. The highest BCUT2D eigenvalue weighted by molar-refractivity contribution is 9.10. The zero-order valence-electron chi connectivity index (χ0n) is 9.63. The van der Waals surface area contributed by atoms with Crippen molar-refractivity contribution in [1.29, 1.82) is 0 Å². The molecule has 0 aromatic heterocycles. The molecule has 0 fully saturated rings. The SMILES string of the molecule is CN(C(=O)c1ccccc1Br)C(C)(C)CCl. The Morgan fingerprint density at radius 2 is 2.00 bits per heavy atom. The van der Waals surface area contributed by atoms with Crippen LogP contribution in [0.5, 0.6) is 0 Å². The molecule has 4 heteroatoms. The fourth-order valence-electron chi connectivity index (χ4n) is 1.18. The summed E-state index contributed by atoms with van der Waals surface area (Å²) >= 11 is 9.23. The van der Waals surface area contributed by atoms with Crippen molar-refractivity contribution in [3.8, 4) is 0 Å². The maximum Gasteiger partial charge on any atom is 0.255 e. The van der Waals surface area contributed by atoms with Crippen molar-refractivity contribution in [3.05, 3.63) is 34.3 Å². The van der Waals surface area contributed by atoms with E-state index in [-0.39, 0.29) is 11.4 Å². The molecule has 0 aliphatic carbocycles. The minimum absolute atomic E-state index is 0.0295. The van der Waals surface area contributed by atoms with Gasteiger partial charge in [0.2, 0.25) is 0 Å². The van der Waals surface area contributed by atoms with Crippen molar-refractivity contribution in [2.24, 2.45) is 0 Å². The lowest BCUT2D eigenvalue weighted by atomic mass is 10.0. The van der Waals surface area contributed by atoms with E-state index in [1.807, 2.05) is 32.0 Å². The van der Waals surface area contributed by atoms with Gasteiger partial charge in [-0.2, -0.15) is 0 Å². The van der Waals surface area contributed by atoms with Gasteiger partial charge in [0.15, 0.2) is 0 Å². The Kier molecular flexibility index (Phi) is 4.39. The fraction of sp³-hybridized carbons (Fsp3) is 0.417. The summed E-state index contributed by atoms with van der Waals surface area (Å²) in [6.45, 7) is 3.88. The smallest absolute Gasteiger partial charge is 0.255 e. The summed E-state index contributed by atoms with van der Waals surface area (Å²) in [5.41, 5.74) is 0.302. The van der Waals surface area contributed by atoms with Gasteiger partial charge in [0.1, 0.15) is 0 Å². The third kappa shape index (κ3) is 2.77. The Balaban J connectivity index is 3.00. The molecule has 0 N–H and O–H groups in total. The Labute approximate surface area is 110 Å². The van der Waals surface area contributed by atoms with Gasteiger partial charge >= 0.3 is 0 Å². The van der Waals surface area contributed by atoms with E-state index in [0.717, 1.165) is 4.47 Å². The summed E-state index contributed by atoms with van der Waals surface area (Å²) in [5, 5.41) is 0. The minimum atomic E-state index is -0.353. The molecule has 0 unspecified atom stereocenters. The lowest BCUT2D eigenvalue weighted by Crippen LogP contribution is -2.46. The third-order valence-electron chi connectivity index (χ3n) is 2.64. The molecule has 88 valence electrons. The molecular formula is C12H15BrClNO. The number of nitrogens with zero attached hydrogens (tertiary/aromatic N) is 1. The highest BCUT2D eigenvalue weighted by Crippen LogP contribution is 2.22. The number of rotatable bonds is 3. The van der Waals surface area contributed by atoms with Crippen LogP contribution in [-0.4, -0.2) is 29.3 Å². The molecule has 1 rings (SSSR count). The zero-order valence-corrected chi connectivity index (χ0v) is 12.0. The highest BCUT2D eigenvalue weighted by Gasteiger charge is 2.28. The average molecular weight is 305 g/mol. The van der Waals surface area contributed by atoms with E-state index < -0.39 is 0 Å². The van der Waals surface area contributed by atoms with Crippen LogP contribution in [0.15, 0.2) is 28.7 Å². The molecular weight excluding hydrogens is 289 g/mol. The van der Waals surface area contributed by atoms with Crippen molar-refractivity contribution in [2.75, 3.05) is 12.9 Å². The molecule has 0 aliphatic heterocycles. The second-order valence-electron chi connectivity index (χ2n) is 4.29. The number of hydrogen-bond donors (Lipinski definition) is 0. The molecule has 1 aromatic rings. The van der Waals surface area contributed by atoms with Gasteiger partial charge in [-0.15, -0.1) is 11.6 Å². The topological polar surface area (TPSA) is 20.3 Å². The zero-order chi connectivity index (χ0) is 12.3. The van der Waals surface area contributed by atoms with E-state index >= 15 is 0 Å². The molecule has 0 spiro atoms. The Morgan fingerprint density at radius 1 is 1.44 bits per heavy atom. The van der Waals surface area contributed by atoms with Gasteiger partial charge in [0.25, 0.3) is 5.91 Å². The van der Waals surface area contributed by atoms with E-state index in [1.165, 1.54) is 0 Å². The van der Waals surface area contributed by atoms with Gasteiger partial charge in [-0.05, 0) is 41.9 Å². The van der Waals surface area contributed by atoms with Crippen LogP contribution < -0.4 is 0 Å². The summed E-state index contributed by atoms with van der Waals surface area (Å²) in [6, 6.07) is 7.38. The highest BCUT2D eigenvalue weighted by atomic mass is 79.9. The molecule has 0 atom stereocenters. The molecule has 1 aromatic carbocycles. The van der Waals surface area contributed by atoms with Gasteiger partial charge in [0, 0.05) is 17.4 Å². The maximum atomic E-state index is 12.2. The molecule has 0 aliphatic rings. The van der Waals surface area contributed by atoms with E-state index in [1.54, 1.807) is 18.0 Å².